The highest BCUT2D eigenvalue weighted by Gasteiger charge is 2.58. The van der Waals surface area contributed by atoms with Gasteiger partial charge in [-0.1, -0.05) is 13.8 Å². The SMILES string of the molecule is CC(=O)OC1C2=C(C3OC(=O)C(=COC4C=C(C)C(=O)O4)C13)C(C)(C)CCC2. The average molecular weight is 388 g/mol. The number of esters is 3. The first kappa shape index (κ1) is 18.8. The lowest BCUT2D eigenvalue weighted by Crippen LogP contribution is -2.29. The molecule has 2 aliphatic heterocycles. The van der Waals surface area contributed by atoms with Gasteiger partial charge < -0.3 is 18.9 Å². The van der Waals surface area contributed by atoms with E-state index in [1.165, 1.54) is 13.2 Å². The molecule has 0 amide bonds. The molecule has 28 heavy (non-hydrogen) atoms. The maximum atomic E-state index is 12.6. The molecule has 0 saturated carbocycles. The van der Waals surface area contributed by atoms with Gasteiger partial charge in [0, 0.05) is 18.6 Å². The van der Waals surface area contributed by atoms with E-state index in [1.54, 1.807) is 13.0 Å². The quantitative estimate of drug-likeness (QED) is 0.241. The first-order valence-electron chi connectivity index (χ1n) is 9.55. The number of hydrogen-bond donors (Lipinski definition) is 0. The minimum Gasteiger partial charge on any atom is -0.458 e. The zero-order valence-corrected chi connectivity index (χ0v) is 16.4. The summed E-state index contributed by atoms with van der Waals surface area (Å²) < 4.78 is 21.9. The fraction of sp³-hybridized carbons (Fsp3) is 0.571. The summed E-state index contributed by atoms with van der Waals surface area (Å²) in [5.41, 5.74) is 2.74. The Hall–Kier alpha value is -2.57. The number of ether oxygens (including phenoxy) is 4. The second kappa shape index (κ2) is 6.50. The van der Waals surface area contributed by atoms with Crippen LogP contribution in [0, 0.1) is 11.3 Å². The number of hydrogen-bond acceptors (Lipinski definition) is 7. The van der Waals surface area contributed by atoms with Gasteiger partial charge in [-0.3, -0.25) is 4.79 Å². The molecule has 0 aromatic carbocycles. The lowest BCUT2D eigenvalue weighted by molar-refractivity contribution is -0.152. The van der Waals surface area contributed by atoms with Crippen LogP contribution in [0.15, 0.2) is 34.6 Å². The summed E-state index contributed by atoms with van der Waals surface area (Å²) in [7, 11) is 0. The summed E-state index contributed by atoms with van der Waals surface area (Å²) in [5.74, 6) is -1.79. The Morgan fingerprint density at radius 2 is 2.00 bits per heavy atom. The third-order valence-corrected chi connectivity index (χ3v) is 5.99. The van der Waals surface area contributed by atoms with Gasteiger partial charge in [-0.2, -0.15) is 0 Å². The lowest BCUT2D eigenvalue weighted by Gasteiger charge is -2.34. The molecule has 7 heteroatoms. The summed E-state index contributed by atoms with van der Waals surface area (Å²) in [6.45, 7) is 7.26. The molecule has 0 aromatic heterocycles. The number of carbonyl (C=O) groups excluding carboxylic acids is 3. The molecule has 4 rings (SSSR count). The fourth-order valence-corrected chi connectivity index (χ4v) is 4.78. The van der Waals surface area contributed by atoms with Gasteiger partial charge in [-0.15, -0.1) is 0 Å². The highest BCUT2D eigenvalue weighted by atomic mass is 16.7. The monoisotopic (exact) mass is 388 g/mol. The van der Waals surface area contributed by atoms with E-state index in [-0.39, 0.29) is 5.41 Å². The molecule has 4 unspecified atom stereocenters. The van der Waals surface area contributed by atoms with Crippen LogP contribution in [0.3, 0.4) is 0 Å². The zero-order valence-electron chi connectivity index (χ0n) is 16.4. The fourth-order valence-electron chi connectivity index (χ4n) is 4.78. The van der Waals surface area contributed by atoms with Gasteiger partial charge in [-0.05, 0) is 42.7 Å². The van der Waals surface area contributed by atoms with Crippen molar-refractivity contribution in [2.24, 2.45) is 11.3 Å². The Kier molecular flexibility index (Phi) is 4.36. The van der Waals surface area contributed by atoms with Crippen molar-refractivity contribution in [3.05, 3.63) is 34.6 Å². The van der Waals surface area contributed by atoms with Crippen LogP contribution in [0.1, 0.15) is 47.0 Å². The molecule has 0 bridgehead atoms. The largest absolute Gasteiger partial charge is 0.458 e. The van der Waals surface area contributed by atoms with Crippen LogP contribution < -0.4 is 0 Å². The van der Waals surface area contributed by atoms with Crippen LogP contribution in [0.5, 0.6) is 0 Å². The smallest absolute Gasteiger partial charge is 0.338 e. The average Bonchev–Trinajstić information content (AvgIpc) is 3.18. The van der Waals surface area contributed by atoms with Crippen LogP contribution in [0.2, 0.25) is 0 Å². The summed E-state index contributed by atoms with van der Waals surface area (Å²) in [6.07, 6.45) is 3.76. The maximum absolute atomic E-state index is 12.6. The van der Waals surface area contributed by atoms with Crippen molar-refractivity contribution in [1.82, 2.24) is 0 Å². The van der Waals surface area contributed by atoms with Gasteiger partial charge in [0.05, 0.1) is 17.8 Å². The van der Waals surface area contributed by atoms with Crippen LogP contribution in [0.4, 0.5) is 0 Å². The maximum Gasteiger partial charge on any atom is 0.338 e. The second-order valence-corrected chi connectivity index (χ2v) is 8.39. The van der Waals surface area contributed by atoms with Gasteiger partial charge in [0.25, 0.3) is 6.29 Å². The molecular formula is C21H24O7. The minimum atomic E-state index is -0.876. The van der Waals surface area contributed by atoms with Crippen molar-refractivity contribution in [2.75, 3.05) is 0 Å². The molecule has 4 atom stereocenters. The number of cyclic esters (lactones) is 1. The standard InChI is InChI=1S/C21H24O7/c1-10-8-14(27-19(10)23)25-9-13-15-17(26-11(2)22)12-6-5-7-21(3,4)16(12)18(15)28-20(13)24/h8-9,14-15,17-18H,5-7H2,1-4H3. The predicted molar refractivity (Wildman–Crippen MR) is 96.4 cm³/mol. The van der Waals surface area contributed by atoms with Gasteiger partial charge in [0.1, 0.15) is 12.2 Å². The van der Waals surface area contributed by atoms with Crippen molar-refractivity contribution in [1.29, 1.82) is 0 Å². The van der Waals surface area contributed by atoms with Crippen LogP contribution in [0.25, 0.3) is 0 Å². The molecule has 150 valence electrons. The van der Waals surface area contributed by atoms with Crippen molar-refractivity contribution < 1.29 is 33.3 Å². The Balaban J connectivity index is 1.67. The molecule has 0 N–H and O–H groups in total. The molecule has 1 fully saturated rings. The molecule has 0 radical (unpaired) electrons. The molecule has 7 nitrogen and oxygen atoms in total. The van der Waals surface area contributed by atoms with Crippen LogP contribution in [-0.4, -0.2) is 36.4 Å². The third-order valence-electron chi connectivity index (χ3n) is 5.99. The minimum absolute atomic E-state index is 0.136. The van der Waals surface area contributed by atoms with Crippen molar-refractivity contribution in [2.45, 2.75) is 65.5 Å². The highest BCUT2D eigenvalue weighted by Crippen LogP contribution is 2.55. The molecule has 2 heterocycles. The Labute approximate surface area is 163 Å². The first-order chi connectivity index (χ1) is 13.2. The summed E-state index contributed by atoms with van der Waals surface area (Å²) in [6, 6.07) is 0. The van der Waals surface area contributed by atoms with E-state index in [4.69, 9.17) is 18.9 Å². The summed E-state index contributed by atoms with van der Waals surface area (Å²) in [4.78, 5) is 35.8. The molecule has 2 aliphatic carbocycles. The van der Waals surface area contributed by atoms with Crippen molar-refractivity contribution in [3.8, 4) is 0 Å². The Morgan fingerprint density at radius 1 is 1.25 bits per heavy atom. The molecule has 0 aromatic rings. The first-order valence-corrected chi connectivity index (χ1v) is 9.55. The second-order valence-electron chi connectivity index (χ2n) is 8.39. The summed E-state index contributed by atoms with van der Waals surface area (Å²) in [5, 5.41) is 0. The third kappa shape index (κ3) is 2.93. The Bertz CT molecular complexity index is 845. The number of fused-ring (bicyclic) bond motifs is 2. The summed E-state index contributed by atoms with van der Waals surface area (Å²) >= 11 is 0. The van der Waals surface area contributed by atoms with E-state index in [0.717, 1.165) is 30.4 Å². The molecule has 1 saturated heterocycles. The van der Waals surface area contributed by atoms with E-state index in [0.29, 0.717) is 11.1 Å². The van der Waals surface area contributed by atoms with Gasteiger partial charge >= 0.3 is 17.9 Å². The van der Waals surface area contributed by atoms with E-state index in [2.05, 4.69) is 13.8 Å². The van der Waals surface area contributed by atoms with E-state index in [9.17, 15) is 14.4 Å². The topological polar surface area (TPSA) is 88.1 Å². The molecule has 4 aliphatic rings. The Morgan fingerprint density at radius 3 is 2.64 bits per heavy atom. The van der Waals surface area contributed by atoms with E-state index >= 15 is 0 Å². The normalized spacial score (nSPS) is 34.6. The predicted octanol–water partition coefficient (Wildman–Crippen LogP) is 2.71. The molecule has 0 spiro atoms. The van der Waals surface area contributed by atoms with Gasteiger partial charge in [0.2, 0.25) is 0 Å². The van der Waals surface area contributed by atoms with Crippen molar-refractivity contribution >= 4 is 17.9 Å². The van der Waals surface area contributed by atoms with E-state index < -0.39 is 42.3 Å². The molecular weight excluding hydrogens is 364 g/mol. The van der Waals surface area contributed by atoms with Crippen LogP contribution >= 0.6 is 0 Å². The van der Waals surface area contributed by atoms with Crippen LogP contribution in [-0.2, 0) is 33.3 Å². The van der Waals surface area contributed by atoms with Crippen molar-refractivity contribution in [3.63, 3.8) is 0 Å². The highest BCUT2D eigenvalue weighted by molar-refractivity contribution is 5.93. The lowest BCUT2D eigenvalue weighted by atomic mass is 9.72. The van der Waals surface area contributed by atoms with Gasteiger partial charge in [0.15, 0.2) is 0 Å². The van der Waals surface area contributed by atoms with Gasteiger partial charge in [-0.25, -0.2) is 9.59 Å². The zero-order chi connectivity index (χ0) is 20.2. The number of rotatable bonds is 3. The number of carbonyl (C=O) groups is 3. The van der Waals surface area contributed by atoms with E-state index in [1.807, 2.05) is 0 Å².